The number of carbonyl (C=O) groups is 2. The minimum atomic E-state index is -0.494. The second kappa shape index (κ2) is 4.31. The lowest BCUT2D eigenvalue weighted by Crippen LogP contribution is -2.45. The van der Waals surface area contributed by atoms with Crippen molar-refractivity contribution in [3.63, 3.8) is 0 Å². The van der Waals surface area contributed by atoms with Gasteiger partial charge in [0.15, 0.2) is 5.78 Å². The first-order valence-electron chi connectivity index (χ1n) is 6.42. The maximum Gasteiger partial charge on any atom is 0.411 e. The summed E-state index contributed by atoms with van der Waals surface area (Å²) in [7, 11) is 0. The highest BCUT2D eigenvalue weighted by atomic mass is 16.6. The van der Waals surface area contributed by atoms with Crippen molar-refractivity contribution >= 4 is 11.9 Å². The molecule has 0 aromatic heterocycles. The SMILES string of the molecule is CC(C)(C)OC(=O)N1C2CCCC(=O)C1CC2. The van der Waals surface area contributed by atoms with Crippen LogP contribution in [0, 0.1) is 0 Å². The molecular weight excluding hydrogens is 218 g/mol. The van der Waals surface area contributed by atoms with Crippen LogP contribution in [0.25, 0.3) is 0 Å². The average Bonchev–Trinajstić information content (AvgIpc) is 2.50. The lowest BCUT2D eigenvalue weighted by atomic mass is 10.0. The summed E-state index contributed by atoms with van der Waals surface area (Å²) in [5.74, 6) is 0.204. The summed E-state index contributed by atoms with van der Waals surface area (Å²) >= 11 is 0. The summed E-state index contributed by atoms with van der Waals surface area (Å²) in [6.07, 6.45) is 3.87. The molecule has 0 N–H and O–H groups in total. The van der Waals surface area contributed by atoms with Crippen LogP contribution in [0.2, 0.25) is 0 Å². The Balaban J connectivity index is 2.13. The van der Waals surface area contributed by atoms with Crippen LogP contribution in [0.4, 0.5) is 4.79 Å². The molecule has 0 aliphatic carbocycles. The highest BCUT2D eigenvalue weighted by molar-refractivity contribution is 5.88. The van der Waals surface area contributed by atoms with Gasteiger partial charge in [-0.15, -0.1) is 0 Å². The van der Waals surface area contributed by atoms with Crippen LogP contribution in [0.1, 0.15) is 52.9 Å². The Morgan fingerprint density at radius 2 is 2.00 bits per heavy atom. The maximum atomic E-state index is 12.1. The third-order valence-electron chi connectivity index (χ3n) is 3.44. The van der Waals surface area contributed by atoms with Gasteiger partial charge in [-0.05, 0) is 46.5 Å². The van der Waals surface area contributed by atoms with E-state index >= 15 is 0 Å². The standard InChI is InChI=1S/C13H21NO3/c1-13(2,3)17-12(16)14-9-5-4-6-11(15)10(14)8-7-9/h9-10H,4-8H2,1-3H3. The highest BCUT2D eigenvalue weighted by Gasteiger charge is 2.43. The zero-order valence-corrected chi connectivity index (χ0v) is 10.9. The third-order valence-corrected chi connectivity index (χ3v) is 3.44. The minimum Gasteiger partial charge on any atom is -0.444 e. The number of ether oxygens (including phenoxy) is 1. The summed E-state index contributed by atoms with van der Waals surface area (Å²) in [6, 6.07) is -0.0151. The molecule has 2 unspecified atom stereocenters. The molecule has 2 aliphatic heterocycles. The molecule has 17 heavy (non-hydrogen) atoms. The molecule has 2 aliphatic rings. The largest absolute Gasteiger partial charge is 0.444 e. The molecule has 2 bridgehead atoms. The number of rotatable bonds is 0. The first kappa shape index (κ1) is 12.4. The zero-order chi connectivity index (χ0) is 12.6. The van der Waals surface area contributed by atoms with Gasteiger partial charge < -0.3 is 4.74 Å². The van der Waals surface area contributed by atoms with Crippen LogP contribution in [0.5, 0.6) is 0 Å². The predicted octanol–water partition coefficient (Wildman–Crippen LogP) is 2.51. The fourth-order valence-electron chi connectivity index (χ4n) is 2.75. The van der Waals surface area contributed by atoms with E-state index in [-0.39, 0.29) is 24.0 Å². The smallest absolute Gasteiger partial charge is 0.411 e. The van der Waals surface area contributed by atoms with Crippen molar-refractivity contribution in [2.75, 3.05) is 0 Å². The molecule has 0 spiro atoms. The number of hydrogen-bond donors (Lipinski definition) is 0. The molecule has 0 aromatic rings. The van der Waals surface area contributed by atoms with E-state index in [1.807, 2.05) is 20.8 Å². The van der Waals surface area contributed by atoms with E-state index in [4.69, 9.17) is 4.74 Å². The molecule has 0 radical (unpaired) electrons. The van der Waals surface area contributed by atoms with Gasteiger partial charge in [0.05, 0.1) is 6.04 Å². The van der Waals surface area contributed by atoms with Crippen LogP contribution in [0.3, 0.4) is 0 Å². The second-order valence-corrected chi connectivity index (χ2v) is 5.99. The summed E-state index contributed by atoms with van der Waals surface area (Å²) in [4.78, 5) is 25.7. The van der Waals surface area contributed by atoms with Crippen molar-refractivity contribution in [3.05, 3.63) is 0 Å². The molecule has 1 amide bonds. The van der Waals surface area contributed by atoms with Gasteiger partial charge in [0.25, 0.3) is 0 Å². The lowest BCUT2D eigenvalue weighted by molar-refractivity contribution is -0.123. The summed E-state index contributed by atoms with van der Waals surface area (Å²) < 4.78 is 5.40. The van der Waals surface area contributed by atoms with E-state index < -0.39 is 5.60 Å². The molecule has 4 nitrogen and oxygen atoms in total. The van der Waals surface area contributed by atoms with Gasteiger partial charge in [0.2, 0.25) is 0 Å². The van der Waals surface area contributed by atoms with E-state index in [1.54, 1.807) is 4.90 Å². The maximum absolute atomic E-state index is 12.1. The van der Waals surface area contributed by atoms with Gasteiger partial charge in [-0.3, -0.25) is 9.69 Å². The van der Waals surface area contributed by atoms with E-state index in [9.17, 15) is 9.59 Å². The number of amides is 1. The number of hydrogen-bond acceptors (Lipinski definition) is 3. The van der Waals surface area contributed by atoms with E-state index in [0.717, 1.165) is 25.7 Å². The van der Waals surface area contributed by atoms with Gasteiger partial charge in [0.1, 0.15) is 5.60 Å². The molecule has 96 valence electrons. The van der Waals surface area contributed by atoms with Crippen LogP contribution in [0.15, 0.2) is 0 Å². The van der Waals surface area contributed by atoms with Gasteiger partial charge in [-0.2, -0.15) is 0 Å². The lowest BCUT2D eigenvalue weighted by Gasteiger charge is -2.30. The number of fused-ring (bicyclic) bond motifs is 2. The Bertz CT molecular complexity index is 332. The second-order valence-electron chi connectivity index (χ2n) is 5.99. The highest BCUT2D eigenvalue weighted by Crippen LogP contribution is 2.33. The Labute approximate surface area is 102 Å². The zero-order valence-electron chi connectivity index (χ0n) is 10.9. The van der Waals surface area contributed by atoms with E-state index in [0.29, 0.717) is 6.42 Å². The van der Waals surface area contributed by atoms with Crippen LogP contribution < -0.4 is 0 Å². The molecule has 2 heterocycles. The van der Waals surface area contributed by atoms with Gasteiger partial charge in [0, 0.05) is 12.5 Å². The van der Waals surface area contributed by atoms with Crippen LogP contribution >= 0.6 is 0 Å². The summed E-state index contributed by atoms with van der Waals surface area (Å²) in [5, 5.41) is 0. The van der Waals surface area contributed by atoms with E-state index in [1.165, 1.54) is 0 Å². The quantitative estimate of drug-likeness (QED) is 0.652. The van der Waals surface area contributed by atoms with Gasteiger partial charge in [-0.1, -0.05) is 0 Å². The predicted molar refractivity (Wildman–Crippen MR) is 63.7 cm³/mol. The molecule has 0 saturated carbocycles. The molecule has 0 aromatic carbocycles. The van der Waals surface area contributed by atoms with Crippen molar-refractivity contribution in [2.45, 2.75) is 70.6 Å². The fourth-order valence-corrected chi connectivity index (χ4v) is 2.75. The molecular formula is C13H21NO3. The van der Waals surface area contributed by atoms with Crippen molar-refractivity contribution in [3.8, 4) is 0 Å². The first-order valence-corrected chi connectivity index (χ1v) is 6.42. The molecule has 2 rings (SSSR count). The van der Waals surface area contributed by atoms with Crippen LogP contribution in [-0.4, -0.2) is 34.5 Å². The Kier molecular flexibility index (Phi) is 3.15. The summed E-state index contributed by atoms with van der Waals surface area (Å²) in [5.41, 5.74) is -0.494. The Hall–Kier alpha value is -1.06. The molecule has 2 atom stereocenters. The Morgan fingerprint density at radius 3 is 2.65 bits per heavy atom. The Morgan fingerprint density at radius 1 is 1.29 bits per heavy atom. The first-order chi connectivity index (χ1) is 7.88. The van der Waals surface area contributed by atoms with E-state index in [2.05, 4.69) is 0 Å². The summed E-state index contributed by atoms with van der Waals surface area (Å²) in [6.45, 7) is 5.56. The van der Waals surface area contributed by atoms with Crippen molar-refractivity contribution in [1.82, 2.24) is 4.90 Å². The molecule has 4 heteroatoms. The van der Waals surface area contributed by atoms with Gasteiger partial charge in [-0.25, -0.2) is 4.79 Å². The molecule has 2 saturated heterocycles. The minimum absolute atomic E-state index is 0.204. The monoisotopic (exact) mass is 239 g/mol. The molecule has 2 fully saturated rings. The van der Waals surface area contributed by atoms with Crippen molar-refractivity contribution < 1.29 is 14.3 Å². The fraction of sp³-hybridized carbons (Fsp3) is 0.846. The van der Waals surface area contributed by atoms with Crippen molar-refractivity contribution in [2.24, 2.45) is 0 Å². The number of ketones is 1. The number of Topliss-reactive ketones (excluding diaryl/α,β-unsaturated/α-hetero) is 1. The van der Waals surface area contributed by atoms with Gasteiger partial charge >= 0.3 is 6.09 Å². The third kappa shape index (κ3) is 2.61. The topological polar surface area (TPSA) is 46.6 Å². The number of nitrogens with zero attached hydrogens (tertiary/aromatic N) is 1. The van der Waals surface area contributed by atoms with Crippen LogP contribution in [-0.2, 0) is 9.53 Å². The number of carbonyl (C=O) groups excluding carboxylic acids is 2. The van der Waals surface area contributed by atoms with Crippen molar-refractivity contribution in [1.29, 1.82) is 0 Å². The average molecular weight is 239 g/mol. The normalized spacial score (nSPS) is 29.1.